The SMILES string of the molecule is C=CCNC(=O)COc1ccc(S(N)(=O)=O)cc1F. The van der Waals surface area contributed by atoms with Crippen molar-refractivity contribution in [2.24, 2.45) is 5.14 Å². The van der Waals surface area contributed by atoms with Crippen LogP contribution in [-0.2, 0) is 14.8 Å². The monoisotopic (exact) mass is 288 g/mol. The third-order valence-electron chi connectivity index (χ3n) is 2.03. The van der Waals surface area contributed by atoms with Crippen LogP contribution in [-0.4, -0.2) is 27.5 Å². The maximum absolute atomic E-state index is 13.5. The summed E-state index contributed by atoms with van der Waals surface area (Å²) < 4.78 is 40.4. The second kappa shape index (κ2) is 6.30. The molecule has 1 rings (SSSR count). The molecule has 0 atom stereocenters. The number of hydrogen-bond acceptors (Lipinski definition) is 4. The smallest absolute Gasteiger partial charge is 0.258 e. The number of rotatable bonds is 6. The fourth-order valence-electron chi connectivity index (χ4n) is 1.16. The second-order valence-electron chi connectivity index (χ2n) is 3.52. The topological polar surface area (TPSA) is 98.5 Å². The van der Waals surface area contributed by atoms with Crippen molar-refractivity contribution in [1.29, 1.82) is 0 Å². The highest BCUT2D eigenvalue weighted by Gasteiger charge is 2.13. The fourth-order valence-corrected chi connectivity index (χ4v) is 1.68. The standard InChI is InChI=1S/C11H13FN2O4S/c1-2-5-14-11(15)7-18-10-4-3-8(6-9(10)12)19(13,16)17/h2-4,6H,1,5,7H2,(H,14,15)(H2,13,16,17). The number of carbonyl (C=O) groups is 1. The summed E-state index contributed by atoms with van der Waals surface area (Å²) in [5, 5.41) is 7.28. The van der Waals surface area contributed by atoms with Crippen LogP contribution in [0.25, 0.3) is 0 Å². The van der Waals surface area contributed by atoms with E-state index in [-0.39, 0.29) is 23.8 Å². The Labute approximate surface area is 110 Å². The van der Waals surface area contributed by atoms with Crippen LogP contribution in [0.5, 0.6) is 5.75 Å². The van der Waals surface area contributed by atoms with Crippen LogP contribution in [0, 0.1) is 5.82 Å². The Balaban J connectivity index is 2.71. The Morgan fingerprint density at radius 1 is 1.53 bits per heavy atom. The molecular formula is C11H13FN2O4S. The zero-order valence-corrected chi connectivity index (χ0v) is 10.7. The minimum Gasteiger partial charge on any atom is -0.481 e. The molecule has 0 aliphatic heterocycles. The maximum atomic E-state index is 13.5. The van der Waals surface area contributed by atoms with Gasteiger partial charge in [0.1, 0.15) is 0 Å². The van der Waals surface area contributed by atoms with Gasteiger partial charge in [-0.2, -0.15) is 0 Å². The van der Waals surface area contributed by atoms with Crippen LogP contribution in [0.3, 0.4) is 0 Å². The molecule has 1 amide bonds. The van der Waals surface area contributed by atoms with Crippen LogP contribution < -0.4 is 15.2 Å². The summed E-state index contributed by atoms with van der Waals surface area (Å²) in [5.41, 5.74) is 0. The van der Waals surface area contributed by atoms with E-state index in [2.05, 4.69) is 11.9 Å². The first-order chi connectivity index (χ1) is 8.84. The third kappa shape index (κ3) is 4.68. The minimum atomic E-state index is -3.97. The molecule has 0 saturated carbocycles. The van der Waals surface area contributed by atoms with Gasteiger partial charge in [0, 0.05) is 6.54 Å². The van der Waals surface area contributed by atoms with E-state index in [4.69, 9.17) is 9.88 Å². The molecule has 0 bridgehead atoms. The van der Waals surface area contributed by atoms with Crippen molar-refractivity contribution < 1.29 is 22.3 Å². The molecule has 0 unspecified atom stereocenters. The number of sulfonamides is 1. The molecule has 104 valence electrons. The minimum absolute atomic E-state index is 0.235. The first-order valence-corrected chi connectivity index (χ1v) is 6.72. The van der Waals surface area contributed by atoms with E-state index in [9.17, 15) is 17.6 Å². The molecule has 0 spiro atoms. The number of benzene rings is 1. The summed E-state index contributed by atoms with van der Waals surface area (Å²) in [6.07, 6.45) is 1.49. The molecule has 6 nitrogen and oxygen atoms in total. The van der Waals surface area contributed by atoms with Gasteiger partial charge in [-0.05, 0) is 18.2 Å². The first kappa shape index (κ1) is 15.1. The van der Waals surface area contributed by atoms with Crippen molar-refractivity contribution in [1.82, 2.24) is 5.32 Å². The number of hydrogen-bond donors (Lipinski definition) is 2. The van der Waals surface area contributed by atoms with Gasteiger partial charge in [-0.25, -0.2) is 17.9 Å². The van der Waals surface area contributed by atoms with Gasteiger partial charge in [0.2, 0.25) is 10.0 Å². The van der Waals surface area contributed by atoms with Crippen LogP contribution in [0.2, 0.25) is 0 Å². The summed E-state index contributed by atoms with van der Waals surface area (Å²) in [6, 6.07) is 2.91. The van der Waals surface area contributed by atoms with Crippen molar-refractivity contribution in [2.75, 3.05) is 13.2 Å². The van der Waals surface area contributed by atoms with Gasteiger partial charge in [-0.15, -0.1) is 6.58 Å². The molecule has 0 radical (unpaired) electrons. The molecule has 0 saturated heterocycles. The maximum Gasteiger partial charge on any atom is 0.258 e. The zero-order valence-electron chi connectivity index (χ0n) is 9.93. The molecule has 3 N–H and O–H groups in total. The lowest BCUT2D eigenvalue weighted by atomic mass is 10.3. The molecule has 0 aromatic heterocycles. The largest absolute Gasteiger partial charge is 0.481 e. The van der Waals surface area contributed by atoms with Crippen molar-refractivity contribution >= 4 is 15.9 Å². The van der Waals surface area contributed by atoms with E-state index in [1.807, 2.05) is 0 Å². The highest BCUT2D eigenvalue weighted by molar-refractivity contribution is 7.89. The predicted molar refractivity (Wildman–Crippen MR) is 66.5 cm³/mol. The molecule has 0 fully saturated rings. The average Bonchev–Trinajstić information content (AvgIpc) is 2.33. The molecule has 19 heavy (non-hydrogen) atoms. The normalized spacial score (nSPS) is 10.8. The quantitative estimate of drug-likeness (QED) is 0.728. The Bertz CT molecular complexity index is 586. The van der Waals surface area contributed by atoms with Crippen LogP contribution in [0.1, 0.15) is 0 Å². The van der Waals surface area contributed by atoms with Crippen molar-refractivity contribution in [3.05, 3.63) is 36.7 Å². The highest BCUT2D eigenvalue weighted by Crippen LogP contribution is 2.20. The number of primary sulfonamides is 1. The lowest BCUT2D eigenvalue weighted by Gasteiger charge is -2.08. The number of ether oxygens (including phenoxy) is 1. The molecule has 1 aromatic carbocycles. The van der Waals surface area contributed by atoms with E-state index in [0.717, 1.165) is 18.2 Å². The number of halogens is 1. The van der Waals surface area contributed by atoms with Gasteiger partial charge in [0.15, 0.2) is 18.2 Å². The molecule has 1 aromatic rings. The van der Waals surface area contributed by atoms with Gasteiger partial charge in [0.05, 0.1) is 4.90 Å². The summed E-state index contributed by atoms with van der Waals surface area (Å²) in [5.74, 6) is -1.60. The van der Waals surface area contributed by atoms with Crippen molar-refractivity contribution in [3.8, 4) is 5.75 Å². The van der Waals surface area contributed by atoms with E-state index >= 15 is 0 Å². The zero-order chi connectivity index (χ0) is 14.5. The van der Waals surface area contributed by atoms with Gasteiger partial charge in [-0.3, -0.25) is 4.79 Å². The summed E-state index contributed by atoms with van der Waals surface area (Å²) in [7, 11) is -3.97. The number of nitrogens with one attached hydrogen (secondary N) is 1. The molecule has 0 aliphatic rings. The number of amides is 1. The molecule has 0 heterocycles. The Kier molecular flexibility index (Phi) is 5.02. The summed E-state index contributed by atoms with van der Waals surface area (Å²) >= 11 is 0. The average molecular weight is 288 g/mol. The highest BCUT2D eigenvalue weighted by atomic mass is 32.2. The second-order valence-corrected chi connectivity index (χ2v) is 5.08. The van der Waals surface area contributed by atoms with E-state index in [1.54, 1.807) is 0 Å². The molecule has 8 heteroatoms. The van der Waals surface area contributed by atoms with Gasteiger partial charge in [0.25, 0.3) is 5.91 Å². The van der Waals surface area contributed by atoms with Crippen molar-refractivity contribution in [3.63, 3.8) is 0 Å². The first-order valence-electron chi connectivity index (χ1n) is 5.17. The van der Waals surface area contributed by atoms with Crippen LogP contribution in [0.15, 0.2) is 35.7 Å². The Morgan fingerprint density at radius 2 is 2.21 bits per heavy atom. The van der Waals surface area contributed by atoms with Crippen LogP contribution in [0.4, 0.5) is 4.39 Å². The van der Waals surface area contributed by atoms with E-state index in [1.165, 1.54) is 6.08 Å². The van der Waals surface area contributed by atoms with Gasteiger partial charge < -0.3 is 10.1 Å². The summed E-state index contributed by atoms with van der Waals surface area (Å²) in [6.45, 7) is 3.30. The van der Waals surface area contributed by atoms with E-state index < -0.39 is 21.7 Å². The fraction of sp³-hybridized carbons (Fsp3) is 0.182. The predicted octanol–water partition coefficient (Wildman–Crippen LogP) is 0.154. The van der Waals surface area contributed by atoms with Crippen LogP contribution >= 0.6 is 0 Å². The molecule has 0 aliphatic carbocycles. The van der Waals surface area contributed by atoms with Gasteiger partial charge in [-0.1, -0.05) is 6.08 Å². The Morgan fingerprint density at radius 3 is 2.74 bits per heavy atom. The molecular weight excluding hydrogens is 275 g/mol. The van der Waals surface area contributed by atoms with E-state index in [0.29, 0.717) is 0 Å². The van der Waals surface area contributed by atoms with Crippen molar-refractivity contribution in [2.45, 2.75) is 4.90 Å². The summed E-state index contributed by atoms with van der Waals surface area (Å²) in [4.78, 5) is 10.8. The Hall–Kier alpha value is -1.93. The number of nitrogens with two attached hydrogens (primary N) is 1. The number of carbonyl (C=O) groups excluding carboxylic acids is 1. The lowest BCUT2D eigenvalue weighted by molar-refractivity contribution is -0.122. The third-order valence-corrected chi connectivity index (χ3v) is 2.95. The lowest BCUT2D eigenvalue weighted by Crippen LogP contribution is -2.28. The van der Waals surface area contributed by atoms with Gasteiger partial charge >= 0.3 is 0 Å².